The van der Waals surface area contributed by atoms with Crippen LogP contribution in [0.4, 0.5) is 5.69 Å². The van der Waals surface area contributed by atoms with Gasteiger partial charge < -0.3 is 14.4 Å². The minimum absolute atomic E-state index is 0.105. The molecule has 8 heteroatoms. The van der Waals surface area contributed by atoms with Crippen LogP contribution in [0.2, 0.25) is 0 Å². The highest BCUT2D eigenvalue weighted by Crippen LogP contribution is 2.26. The number of ether oxygens (including phenoxy) is 2. The molecule has 1 saturated heterocycles. The van der Waals surface area contributed by atoms with Crippen molar-refractivity contribution in [2.45, 2.75) is 33.2 Å². The maximum atomic E-state index is 13.8. The second-order valence-electron chi connectivity index (χ2n) is 8.77. The van der Waals surface area contributed by atoms with Gasteiger partial charge in [-0.15, -0.1) is 0 Å². The summed E-state index contributed by atoms with van der Waals surface area (Å²) in [5.41, 5.74) is 5.83. The number of fused-ring (bicyclic) bond motifs is 3. The first-order valence-electron chi connectivity index (χ1n) is 11.3. The predicted octanol–water partition coefficient (Wildman–Crippen LogP) is 3.37. The number of methoxy groups -OCH3 is 1. The molecule has 4 heterocycles. The summed E-state index contributed by atoms with van der Waals surface area (Å²) in [5, 5.41) is 0. The zero-order chi connectivity index (χ0) is 23.1. The van der Waals surface area contributed by atoms with E-state index in [2.05, 4.69) is 24.8 Å². The van der Waals surface area contributed by atoms with Crippen LogP contribution in [0.3, 0.4) is 0 Å². The molecule has 0 radical (unpaired) electrons. The van der Waals surface area contributed by atoms with Gasteiger partial charge in [0, 0.05) is 18.8 Å². The van der Waals surface area contributed by atoms with Crippen LogP contribution < -0.4 is 15.3 Å². The van der Waals surface area contributed by atoms with Crippen LogP contribution in [0.5, 0.6) is 5.75 Å². The molecule has 172 valence electrons. The molecule has 1 fully saturated rings. The van der Waals surface area contributed by atoms with Gasteiger partial charge in [-0.25, -0.2) is 19.2 Å². The van der Waals surface area contributed by atoms with E-state index in [0.29, 0.717) is 25.4 Å². The molecule has 8 nitrogen and oxygen atoms in total. The van der Waals surface area contributed by atoms with E-state index in [1.807, 2.05) is 37.4 Å². The van der Waals surface area contributed by atoms with Gasteiger partial charge >= 0.3 is 5.69 Å². The van der Waals surface area contributed by atoms with Crippen molar-refractivity contribution in [3.05, 3.63) is 64.0 Å². The highest BCUT2D eigenvalue weighted by Gasteiger charge is 2.21. The Morgan fingerprint density at radius 2 is 1.88 bits per heavy atom. The van der Waals surface area contributed by atoms with Gasteiger partial charge in [-0.1, -0.05) is 26.0 Å². The quantitative estimate of drug-likeness (QED) is 0.467. The van der Waals surface area contributed by atoms with E-state index in [4.69, 9.17) is 19.4 Å². The number of rotatable bonds is 5. The number of morpholine rings is 1. The molecule has 0 N–H and O–H groups in total. The fourth-order valence-electron chi connectivity index (χ4n) is 4.56. The van der Waals surface area contributed by atoms with E-state index in [0.717, 1.165) is 52.5 Å². The molecule has 1 aliphatic rings. The largest absolute Gasteiger partial charge is 0.497 e. The summed E-state index contributed by atoms with van der Waals surface area (Å²) in [6, 6.07) is 9.87. The molecule has 33 heavy (non-hydrogen) atoms. The Bertz CT molecular complexity index is 1370. The number of aryl methyl sites for hydroxylation is 1. The van der Waals surface area contributed by atoms with Crippen molar-refractivity contribution in [3.63, 3.8) is 0 Å². The van der Waals surface area contributed by atoms with Crippen LogP contribution in [0.25, 0.3) is 16.7 Å². The van der Waals surface area contributed by atoms with Crippen LogP contribution in [-0.2, 0) is 11.3 Å². The van der Waals surface area contributed by atoms with Crippen molar-refractivity contribution in [3.8, 4) is 5.75 Å². The average Bonchev–Trinajstić information content (AvgIpc) is 3.20. The Balaban J connectivity index is 1.74. The fraction of sp³-hybridized carbons (Fsp3) is 0.400. The van der Waals surface area contributed by atoms with Gasteiger partial charge in [-0.2, -0.15) is 0 Å². The Hall–Kier alpha value is -3.39. The minimum Gasteiger partial charge on any atom is -0.497 e. The van der Waals surface area contributed by atoms with Gasteiger partial charge in [0.25, 0.3) is 0 Å². The maximum absolute atomic E-state index is 13.8. The number of aromatic nitrogens is 4. The lowest BCUT2D eigenvalue weighted by Crippen LogP contribution is -2.36. The standard InChI is InChI=1S/C25H29N5O3/c1-16(2)22-17(3)30-24(27-22)23-21(13-19(14-26-23)28-9-11-33-12-10-28)29(25(30)31)15-18-5-7-20(32-4)8-6-18/h5-8,13-14,16H,9-12,15H2,1-4H3. The SMILES string of the molecule is COc1ccc(Cn2c(=O)n3c(C)c(C(C)C)nc3c3ncc(N4CCOCC4)cc32)cc1. The normalized spacial score (nSPS) is 14.5. The number of benzene rings is 1. The van der Waals surface area contributed by atoms with Crippen LogP contribution in [0, 0.1) is 6.92 Å². The lowest BCUT2D eigenvalue weighted by atomic mass is 10.1. The highest BCUT2D eigenvalue weighted by atomic mass is 16.5. The zero-order valence-electron chi connectivity index (χ0n) is 19.5. The van der Waals surface area contributed by atoms with Crippen molar-refractivity contribution < 1.29 is 9.47 Å². The monoisotopic (exact) mass is 447 g/mol. The van der Waals surface area contributed by atoms with E-state index < -0.39 is 0 Å². The highest BCUT2D eigenvalue weighted by molar-refractivity contribution is 5.90. The minimum atomic E-state index is -0.105. The number of nitrogens with zero attached hydrogens (tertiary/aromatic N) is 5. The molecule has 4 aromatic rings. The predicted molar refractivity (Wildman–Crippen MR) is 129 cm³/mol. The van der Waals surface area contributed by atoms with Gasteiger partial charge in [0.1, 0.15) is 11.3 Å². The number of hydrogen-bond acceptors (Lipinski definition) is 6. The third-order valence-corrected chi connectivity index (χ3v) is 6.35. The van der Waals surface area contributed by atoms with Crippen LogP contribution in [0.1, 0.15) is 36.7 Å². The van der Waals surface area contributed by atoms with E-state index >= 15 is 0 Å². The van der Waals surface area contributed by atoms with Crippen LogP contribution in [0.15, 0.2) is 41.3 Å². The summed E-state index contributed by atoms with van der Waals surface area (Å²) >= 11 is 0. The molecule has 5 rings (SSSR count). The second kappa shape index (κ2) is 8.51. The molecule has 0 spiro atoms. The smallest absolute Gasteiger partial charge is 0.335 e. The molecular formula is C25H29N5O3. The third kappa shape index (κ3) is 3.74. The first-order valence-corrected chi connectivity index (χ1v) is 11.3. The molecule has 0 bridgehead atoms. The molecule has 0 unspecified atom stereocenters. The van der Waals surface area contributed by atoms with Crippen molar-refractivity contribution in [1.82, 2.24) is 18.9 Å². The van der Waals surface area contributed by atoms with Gasteiger partial charge in [-0.3, -0.25) is 4.57 Å². The van der Waals surface area contributed by atoms with E-state index in [1.54, 1.807) is 16.1 Å². The molecular weight excluding hydrogens is 418 g/mol. The second-order valence-corrected chi connectivity index (χ2v) is 8.77. The molecule has 1 aromatic carbocycles. The summed E-state index contributed by atoms with van der Waals surface area (Å²) in [6.07, 6.45) is 1.88. The first kappa shape index (κ1) is 21.5. The lowest BCUT2D eigenvalue weighted by Gasteiger charge is -2.28. The summed E-state index contributed by atoms with van der Waals surface area (Å²) < 4.78 is 14.3. The van der Waals surface area contributed by atoms with Gasteiger partial charge in [0.15, 0.2) is 5.65 Å². The fourth-order valence-corrected chi connectivity index (χ4v) is 4.56. The topological polar surface area (TPSA) is 73.9 Å². The molecule has 0 saturated carbocycles. The Morgan fingerprint density at radius 1 is 1.15 bits per heavy atom. The molecule has 1 aliphatic heterocycles. The number of imidazole rings is 1. The van der Waals surface area contributed by atoms with E-state index in [-0.39, 0.29) is 11.6 Å². The van der Waals surface area contributed by atoms with Crippen LogP contribution in [-0.4, -0.2) is 52.3 Å². The lowest BCUT2D eigenvalue weighted by molar-refractivity contribution is 0.122. The molecule has 3 aromatic heterocycles. The van der Waals surface area contributed by atoms with Crippen LogP contribution >= 0.6 is 0 Å². The Morgan fingerprint density at radius 3 is 2.55 bits per heavy atom. The number of anilines is 1. The van der Waals surface area contributed by atoms with Gasteiger partial charge in [-0.05, 0) is 36.6 Å². The van der Waals surface area contributed by atoms with Gasteiger partial charge in [0.05, 0.1) is 50.0 Å². The van der Waals surface area contributed by atoms with Crippen molar-refractivity contribution >= 4 is 22.4 Å². The van der Waals surface area contributed by atoms with Crippen molar-refractivity contribution in [2.75, 3.05) is 38.3 Å². The van der Waals surface area contributed by atoms with Gasteiger partial charge in [0.2, 0.25) is 0 Å². The third-order valence-electron chi connectivity index (χ3n) is 6.35. The van der Waals surface area contributed by atoms with Crippen molar-refractivity contribution in [2.24, 2.45) is 0 Å². The summed E-state index contributed by atoms with van der Waals surface area (Å²) in [4.78, 5) is 25.7. The maximum Gasteiger partial charge on any atom is 0.335 e. The van der Waals surface area contributed by atoms with E-state index in [9.17, 15) is 4.79 Å². The zero-order valence-corrected chi connectivity index (χ0v) is 19.5. The van der Waals surface area contributed by atoms with Crippen molar-refractivity contribution in [1.29, 1.82) is 0 Å². The summed E-state index contributed by atoms with van der Waals surface area (Å²) in [5.74, 6) is 0.997. The summed E-state index contributed by atoms with van der Waals surface area (Å²) in [6.45, 7) is 9.56. The Kier molecular flexibility index (Phi) is 5.54. The van der Waals surface area contributed by atoms with E-state index in [1.165, 1.54) is 0 Å². The Labute approximate surface area is 192 Å². The average molecular weight is 448 g/mol. The molecule has 0 amide bonds. The summed E-state index contributed by atoms with van der Waals surface area (Å²) in [7, 11) is 1.65. The number of pyridine rings is 1. The molecule has 0 aliphatic carbocycles. The number of hydrogen-bond donors (Lipinski definition) is 0. The molecule has 0 atom stereocenters. The first-order chi connectivity index (χ1) is 16.0.